The zero-order valence-electron chi connectivity index (χ0n) is 11.9. The predicted molar refractivity (Wildman–Crippen MR) is 79.5 cm³/mol. The molecule has 6 nitrogen and oxygen atoms in total. The first-order chi connectivity index (χ1) is 9.77. The fourth-order valence-corrected chi connectivity index (χ4v) is 4.87. The van der Waals surface area contributed by atoms with Crippen LogP contribution in [0.3, 0.4) is 0 Å². The van der Waals surface area contributed by atoms with Gasteiger partial charge < -0.3 is 5.11 Å². The number of nitrogens with zero attached hydrogens (tertiary/aromatic N) is 2. The van der Waals surface area contributed by atoms with Crippen molar-refractivity contribution in [2.24, 2.45) is 5.92 Å². The first kappa shape index (κ1) is 17.6. The van der Waals surface area contributed by atoms with Gasteiger partial charge in [-0.3, -0.25) is 4.79 Å². The zero-order valence-corrected chi connectivity index (χ0v) is 13.6. The van der Waals surface area contributed by atoms with Gasteiger partial charge >= 0.3 is 5.97 Å². The third-order valence-corrected chi connectivity index (χ3v) is 6.02. The van der Waals surface area contributed by atoms with Crippen LogP contribution >= 0.6 is 11.3 Å². The van der Waals surface area contributed by atoms with Crippen molar-refractivity contribution < 1.29 is 18.3 Å². The monoisotopic (exact) mass is 330 g/mol. The van der Waals surface area contributed by atoms with Crippen LogP contribution in [0.2, 0.25) is 0 Å². The van der Waals surface area contributed by atoms with Crippen LogP contribution in [0.15, 0.2) is 16.3 Å². The highest BCUT2D eigenvalue weighted by molar-refractivity contribution is 7.91. The van der Waals surface area contributed by atoms with E-state index < -0.39 is 16.0 Å². The number of carbonyl (C=O) groups is 1. The average Bonchev–Trinajstić information content (AvgIpc) is 2.82. The molecule has 1 N–H and O–H groups in total. The molecule has 1 aromatic heterocycles. The van der Waals surface area contributed by atoms with Crippen molar-refractivity contribution in [2.45, 2.75) is 30.9 Å². The molecule has 0 unspecified atom stereocenters. The zero-order chi connectivity index (χ0) is 16.0. The van der Waals surface area contributed by atoms with Crippen molar-refractivity contribution in [3.05, 3.63) is 17.0 Å². The lowest BCUT2D eigenvalue weighted by Crippen LogP contribution is -2.34. The molecule has 0 saturated carbocycles. The molecule has 0 atom stereocenters. The Hall–Kier alpha value is -1.43. The van der Waals surface area contributed by atoms with Crippen molar-refractivity contribution in [1.29, 1.82) is 5.26 Å². The summed E-state index contributed by atoms with van der Waals surface area (Å²) in [5.74, 6) is -0.860. The molecule has 1 rings (SSSR count). The minimum Gasteiger partial charge on any atom is -0.481 e. The van der Waals surface area contributed by atoms with Crippen molar-refractivity contribution >= 4 is 27.3 Å². The number of carboxylic acids is 1. The number of carboxylic acid groups (broad SMARTS) is 1. The topological polar surface area (TPSA) is 98.5 Å². The quantitative estimate of drug-likeness (QED) is 0.785. The van der Waals surface area contributed by atoms with Crippen LogP contribution in [-0.4, -0.2) is 36.9 Å². The van der Waals surface area contributed by atoms with E-state index in [-0.39, 0.29) is 29.5 Å². The fraction of sp³-hybridized carbons (Fsp3) is 0.538. The second-order valence-electron chi connectivity index (χ2n) is 4.96. The van der Waals surface area contributed by atoms with Gasteiger partial charge in [0.15, 0.2) is 0 Å². The molecule has 0 fully saturated rings. The maximum Gasteiger partial charge on any atom is 0.308 e. The molecule has 1 heterocycles. The summed E-state index contributed by atoms with van der Waals surface area (Å²) < 4.78 is 26.5. The van der Waals surface area contributed by atoms with E-state index in [4.69, 9.17) is 10.4 Å². The minimum atomic E-state index is -3.68. The summed E-state index contributed by atoms with van der Waals surface area (Å²) in [6.07, 6.45) is -0.0676. The summed E-state index contributed by atoms with van der Waals surface area (Å²) >= 11 is 0.964. The first-order valence-electron chi connectivity index (χ1n) is 6.45. The molecule has 0 saturated heterocycles. The lowest BCUT2D eigenvalue weighted by atomic mass is 10.2. The third kappa shape index (κ3) is 5.12. The Morgan fingerprint density at radius 2 is 2.14 bits per heavy atom. The Bertz CT molecular complexity index is 629. The van der Waals surface area contributed by atoms with E-state index in [1.54, 1.807) is 0 Å². The lowest BCUT2D eigenvalue weighted by Gasteiger charge is -2.22. The van der Waals surface area contributed by atoms with Gasteiger partial charge in [0, 0.05) is 24.4 Å². The number of aliphatic carboxylic acids is 1. The number of nitriles is 1. The van der Waals surface area contributed by atoms with Crippen molar-refractivity contribution in [1.82, 2.24) is 4.31 Å². The highest BCUT2D eigenvalue weighted by Crippen LogP contribution is 2.26. The van der Waals surface area contributed by atoms with E-state index in [1.165, 1.54) is 16.4 Å². The van der Waals surface area contributed by atoms with Crippen molar-refractivity contribution in [3.8, 4) is 6.07 Å². The summed E-state index contributed by atoms with van der Waals surface area (Å²) in [6.45, 7) is 4.28. The van der Waals surface area contributed by atoms with Gasteiger partial charge in [-0.05, 0) is 18.1 Å². The summed E-state index contributed by atoms with van der Waals surface area (Å²) in [4.78, 5) is 11.2. The van der Waals surface area contributed by atoms with Gasteiger partial charge in [-0.25, -0.2) is 8.42 Å². The molecular formula is C13H18N2O4S2. The van der Waals surface area contributed by atoms with E-state index in [1.807, 2.05) is 19.9 Å². The molecule has 0 aliphatic rings. The second-order valence-corrected chi connectivity index (χ2v) is 8.29. The molecule has 0 spiro atoms. The van der Waals surface area contributed by atoms with Gasteiger partial charge in [0.1, 0.15) is 4.21 Å². The van der Waals surface area contributed by atoms with Crippen LogP contribution in [-0.2, 0) is 21.2 Å². The van der Waals surface area contributed by atoms with Gasteiger partial charge in [-0.2, -0.15) is 9.57 Å². The summed E-state index contributed by atoms with van der Waals surface area (Å²) in [6, 6.07) is 4.89. The molecule has 0 radical (unpaired) electrons. The minimum absolute atomic E-state index is 0.123. The van der Waals surface area contributed by atoms with E-state index in [0.29, 0.717) is 11.4 Å². The fourth-order valence-electron chi connectivity index (χ4n) is 1.76. The van der Waals surface area contributed by atoms with Gasteiger partial charge in [0.2, 0.25) is 0 Å². The molecule has 116 valence electrons. The largest absolute Gasteiger partial charge is 0.481 e. The summed E-state index contributed by atoms with van der Waals surface area (Å²) in [7, 11) is -3.68. The number of thiophene rings is 1. The highest BCUT2D eigenvalue weighted by atomic mass is 32.2. The number of sulfonamides is 1. The molecule has 0 aliphatic heterocycles. The number of hydrogen-bond acceptors (Lipinski definition) is 5. The molecule has 21 heavy (non-hydrogen) atoms. The lowest BCUT2D eigenvalue weighted by molar-refractivity contribution is -0.136. The van der Waals surface area contributed by atoms with Gasteiger partial charge in [0.25, 0.3) is 10.0 Å². The second kappa shape index (κ2) is 7.54. The number of hydrogen-bond donors (Lipinski definition) is 1. The van der Waals surface area contributed by atoms with E-state index in [9.17, 15) is 13.2 Å². The van der Waals surface area contributed by atoms with Gasteiger partial charge in [-0.1, -0.05) is 13.8 Å². The first-order valence-corrected chi connectivity index (χ1v) is 8.70. The molecule has 8 heteroatoms. The molecular weight excluding hydrogens is 312 g/mol. The molecule has 0 bridgehead atoms. The maximum atomic E-state index is 12.6. The normalized spacial score (nSPS) is 11.8. The number of rotatable bonds is 8. The molecule has 0 amide bonds. The third-order valence-electron chi connectivity index (χ3n) is 2.60. The van der Waals surface area contributed by atoms with Gasteiger partial charge in [0.05, 0.1) is 12.5 Å². The molecule has 0 aromatic carbocycles. The van der Waals surface area contributed by atoms with Crippen molar-refractivity contribution in [2.75, 3.05) is 13.1 Å². The Labute approximate surface area is 128 Å². The van der Waals surface area contributed by atoms with E-state index in [2.05, 4.69) is 0 Å². The van der Waals surface area contributed by atoms with Crippen LogP contribution in [0.25, 0.3) is 0 Å². The van der Waals surface area contributed by atoms with Crippen LogP contribution in [0.4, 0.5) is 0 Å². The van der Waals surface area contributed by atoms with Crippen LogP contribution < -0.4 is 0 Å². The van der Waals surface area contributed by atoms with Gasteiger partial charge in [-0.15, -0.1) is 11.3 Å². The molecule has 1 aromatic rings. The Balaban J connectivity index is 3.01. The van der Waals surface area contributed by atoms with Crippen LogP contribution in [0.5, 0.6) is 0 Å². The summed E-state index contributed by atoms with van der Waals surface area (Å²) in [5.41, 5.74) is 0. The SMILES string of the molecule is CC(C)CN(CCC#N)S(=O)(=O)c1ccc(CC(=O)O)s1. The van der Waals surface area contributed by atoms with E-state index in [0.717, 1.165) is 11.3 Å². The Morgan fingerprint density at radius 1 is 1.48 bits per heavy atom. The standard InChI is InChI=1S/C13H18N2O4S2/c1-10(2)9-15(7-3-6-14)21(18,19)13-5-4-11(20-13)8-12(16)17/h4-5,10H,3,7-9H2,1-2H3,(H,16,17). The Kier molecular flexibility index (Phi) is 6.33. The van der Waals surface area contributed by atoms with Crippen LogP contribution in [0.1, 0.15) is 25.1 Å². The predicted octanol–water partition coefficient (Wildman–Crippen LogP) is 1.94. The van der Waals surface area contributed by atoms with Crippen molar-refractivity contribution in [3.63, 3.8) is 0 Å². The maximum absolute atomic E-state index is 12.6. The smallest absolute Gasteiger partial charge is 0.308 e. The average molecular weight is 330 g/mol. The van der Waals surface area contributed by atoms with Crippen LogP contribution in [0, 0.1) is 17.2 Å². The highest BCUT2D eigenvalue weighted by Gasteiger charge is 2.26. The summed E-state index contributed by atoms with van der Waals surface area (Å²) in [5, 5.41) is 17.4. The Morgan fingerprint density at radius 3 is 2.67 bits per heavy atom. The molecule has 0 aliphatic carbocycles. The van der Waals surface area contributed by atoms with E-state index >= 15 is 0 Å².